The molecule has 1 fully saturated rings. The molecule has 0 bridgehead atoms. The second kappa shape index (κ2) is 6.42. The molecule has 1 saturated heterocycles. The molecule has 4 rings (SSSR count). The summed E-state index contributed by atoms with van der Waals surface area (Å²) in [5.41, 5.74) is 4.59. The number of carbonyl (C=O) groups excluding carboxylic acids is 1. The molecule has 24 heavy (non-hydrogen) atoms. The van der Waals surface area contributed by atoms with E-state index in [1.54, 1.807) is 0 Å². The minimum absolute atomic E-state index is 0.145. The zero-order chi connectivity index (χ0) is 16.5. The van der Waals surface area contributed by atoms with E-state index in [0.717, 1.165) is 51.6 Å². The van der Waals surface area contributed by atoms with E-state index in [1.807, 2.05) is 16.6 Å². The highest BCUT2D eigenvalue weighted by molar-refractivity contribution is 5.94. The van der Waals surface area contributed by atoms with E-state index >= 15 is 0 Å². The van der Waals surface area contributed by atoms with Gasteiger partial charge >= 0.3 is 0 Å². The predicted molar refractivity (Wildman–Crippen MR) is 94.0 cm³/mol. The molecule has 1 aliphatic heterocycles. The highest BCUT2D eigenvalue weighted by atomic mass is 16.2. The number of amides is 1. The summed E-state index contributed by atoms with van der Waals surface area (Å²) in [7, 11) is 1.97. The lowest BCUT2D eigenvalue weighted by Crippen LogP contribution is -2.39. The van der Waals surface area contributed by atoms with Gasteiger partial charge < -0.3 is 4.90 Å². The largest absolute Gasteiger partial charge is 0.337 e. The van der Waals surface area contributed by atoms with Gasteiger partial charge in [-0.1, -0.05) is 30.3 Å². The van der Waals surface area contributed by atoms with Crippen LogP contribution in [0.3, 0.4) is 0 Å². The number of aromatic nitrogens is 2. The average molecular weight is 323 g/mol. The maximum absolute atomic E-state index is 12.9. The summed E-state index contributed by atoms with van der Waals surface area (Å²) < 4.78 is 1.91. The molecule has 2 heterocycles. The van der Waals surface area contributed by atoms with Crippen LogP contribution in [0.5, 0.6) is 0 Å². The molecule has 0 N–H and O–H groups in total. The number of aryl methyl sites for hydroxylation is 1. The van der Waals surface area contributed by atoms with Gasteiger partial charge in [-0.05, 0) is 50.0 Å². The van der Waals surface area contributed by atoms with Crippen LogP contribution in [0.25, 0.3) is 0 Å². The van der Waals surface area contributed by atoms with Gasteiger partial charge in [0.05, 0.1) is 0 Å². The molecule has 0 atom stereocenters. The van der Waals surface area contributed by atoms with E-state index in [4.69, 9.17) is 0 Å². The lowest BCUT2D eigenvalue weighted by atomic mass is 9.90. The Morgan fingerprint density at radius 3 is 2.67 bits per heavy atom. The quantitative estimate of drug-likeness (QED) is 0.871. The number of rotatable bonds is 3. The number of hydrogen-bond donors (Lipinski definition) is 0. The normalized spacial score (nSPS) is 18.0. The number of nitrogens with zero attached hydrogens (tertiary/aromatic N) is 3. The van der Waals surface area contributed by atoms with Crippen molar-refractivity contribution in [2.75, 3.05) is 13.1 Å². The minimum atomic E-state index is 0.145. The lowest BCUT2D eigenvalue weighted by molar-refractivity contribution is 0.0682. The maximum Gasteiger partial charge on any atom is 0.274 e. The van der Waals surface area contributed by atoms with Gasteiger partial charge in [-0.3, -0.25) is 9.48 Å². The van der Waals surface area contributed by atoms with Crippen LogP contribution >= 0.6 is 0 Å². The van der Waals surface area contributed by atoms with E-state index < -0.39 is 0 Å². The molecule has 2 aliphatic rings. The average Bonchev–Trinajstić information content (AvgIpc) is 3.20. The second-order valence-corrected chi connectivity index (χ2v) is 7.18. The van der Waals surface area contributed by atoms with E-state index in [1.165, 1.54) is 16.8 Å². The van der Waals surface area contributed by atoms with Gasteiger partial charge in [0.1, 0.15) is 0 Å². The topological polar surface area (TPSA) is 38.1 Å². The molecule has 4 heteroatoms. The molecular formula is C20H25N3O. The molecule has 0 saturated carbocycles. The first-order chi connectivity index (χ1) is 11.7. The molecule has 1 aromatic carbocycles. The summed E-state index contributed by atoms with van der Waals surface area (Å²) in [6, 6.07) is 10.7. The van der Waals surface area contributed by atoms with Crippen molar-refractivity contribution in [3.63, 3.8) is 0 Å². The highest BCUT2D eigenvalue weighted by Gasteiger charge is 2.30. The van der Waals surface area contributed by atoms with E-state index in [2.05, 4.69) is 35.4 Å². The van der Waals surface area contributed by atoms with Gasteiger partial charge in [0.15, 0.2) is 5.69 Å². The lowest BCUT2D eigenvalue weighted by Gasteiger charge is -2.31. The van der Waals surface area contributed by atoms with Crippen molar-refractivity contribution in [3.05, 3.63) is 52.8 Å². The SMILES string of the molecule is Cn1nc(C(=O)N2CCC(Cc3ccccc3)CC2)c2c1CCC2. The Morgan fingerprint density at radius 1 is 1.17 bits per heavy atom. The standard InChI is InChI=1S/C20H25N3O/c1-22-18-9-5-8-17(18)19(21-22)20(24)23-12-10-16(11-13-23)14-15-6-3-2-4-7-15/h2-4,6-7,16H,5,8-14H2,1H3. The molecule has 0 radical (unpaired) electrons. The van der Waals surface area contributed by atoms with Crippen LogP contribution in [0, 0.1) is 5.92 Å². The van der Waals surface area contributed by atoms with E-state index in [-0.39, 0.29) is 5.91 Å². The summed E-state index contributed by atoms with van der Waals surface area (Å²) in [6.07, 6.45) is 6.54. The van der Waals surface area contributed by atoms with E-state index in [0.29, 0.717) is 11.6 Å². The monoisotopic (exact) mass is 323 g/mol. The number of benzene rings is 1. The number of piperidine rings is 1. The van der Waals surface area contributed by atoms with Crippen molar-refractivity contribution < 1.29 is 4.79 Å². The van der Waals surface area contributed by atoms with Crippen LogP contribution in [-0.4, -0.2) is 33.7 Å². The summed E-state index contributed by atoms with van der Waals surface area (Å²) in [6.45, 7) is 1.73. The van der Waals surface area contributed by atoms with Crippen molar-refractivity contribution in [1.82, 2.24) is 14.7 Å². The van der Waals surface area contributed by atoms with E-state index in [9.17, 15) is 4.79 Å². The number of fused-ring (bicyclic) bond motifs is 1. The van der Waals surface area contributed by atoms with Crippen LogP contribution in [0.15, 0.2) is 30.3 Å². The Morgan fingerprint density at radius 2 is 1.92 bits per heavy atom. The molecule has 126 valence electrons. The Balaban J connectivity index is 1.39. The van der Waals surface area contributed by atoms with Crippen LogP contribution in [0.2, 0.25) is 0 Å². The van der Waals surface area contributed by atoms with Gasteiger partial charge in [-0.15, -0.1) is 0 Å². The van der Waals surface area contributed by atoms with Gasteiger partial charge in [-0.25, -0.2) is 0 Å². The van der Waals surface area contributed by atoms with Crippen molar-refractivity contribution in [1.29, 1.82) is 0 Å². The molecule has 1 amide bonds. The van der Waals surface area contributed by atoms with Crippen LogP contribution in [0.4, 0.5) is 0 Å². The number of likely N-dealkylation sites (tertiary alicyclic amines) is 1. The highest BCUT2D eigenvalue weighted by Crippen LogP contribution is 2.27. The third-order valence-corrected chi connectivity index (χ3v) is 5.59. The first-order valence-corrected chi connectivity index (χ1v) is 9.10. The smallest absolute Gasteiger partial charge is 0.274 e. The Labute approximate surface area is 143 Å². The Bertz CT molecular complexity index is 727. The van der Waals surface area contributed by atoms with Crippen molar-refractivity contribution in [3.8, 4) is 0 Å². The molecule has 0 spiro atoms. The zero-order valence-electron chi connectivity index (χ0n) is 14.4. The third-order valence-electron chi connectivity index (χ3n) is 5.59. The number of hydrogen-bond acceptors (Lipinski definition) is 2. The molecule has 0 unspecified atom stereocenters. The maximum atomic E-state index is 12.9. The van der Waals surface area contributed by atoms with Crippen LogP contribution in [-0.2, 0) is 26.3 Å². The van der Waals surface area contributed by atoms with Gasteiger partial charge in [0.2, 0.25) is 0 Å². The fraction of sp³-hybridized carbons (Fsp3) is 0.500. The molecule has 4 nitrogen and oxygen atoms in total. The molecule has 2 aromatic rings. The fourth-order valence-electron chi connectivity index (χ4n) is 4.22. The minimum Gasteiger partial charge on any atom is -0.337 e. The Hall–Kier alpha value is -2.10. The summed E-state index contributed by atoms with van der Waals surface area (Å²) in [5.74, 6) is 0.831. The first kappa shape index (κ1) is 15.4. The summed E-state index contributed by atoms with van der Waals surface area (Å²) in [5, 5.41) is 4.52. The first-order valence-electron chi connectivity index (χ1n) is 9.10. The third kappa shape index (κ3) is 2.85. The fourth-order valence-corrected chi connectivity index (χ4v) is 4.22. The molecular weight excluding hydrogens is 298 g/mol. The number of carbonyl (C=O) groups is 1. The van der Waals surface area contributed by atoms with Crippen molar-refractivity contribution >= 4 is 5.91 Å². The predicted octanol–water partition coefficient (Wildman–Crippen LogP) is 3.00. The summed E-state index contributed by atoms with van der Waals surface area (Å²) in [4.78, 5) is 14.9. The Kier molecular flexibility index (Phi) is 4.13. The molecule has 1 aromatic heterocycles. The van der Waals surface area contributed by atoms with Gasteiger partial charge in [-0.2, -0.15) is 5.10 Å². The van der Waals surface area contributed by atoms with Crippen molar-refractivity contribution in [2.45, 2.75) is 38.5 Å². The van der Waals surface area contributed by atoms with Crippen LogP contribution in [0.1, 0.15) is 46.6 Å². The zero-order valence-corrected chi connectivity index (χ0v) is 14.4. The second-order valence-electron chi connectivity index (χ2n) is 7.18. The van der Waals surface area contributed by atoms with Crippen LogP contribution < -0.4 is 0 Å². The molecule has 1 aliphatic carbocycles. The summed E-state index contributed by atoms with van der Waals surface area (Å²) >= 11 is 0. The van der Waals surface area contributed by atoms with Gasteiger partial charge in [0.25, 0.3) is 5.91 Å². The van der Waals surface area contributed by atoms with Gasteiger partial charge in [0, 0.05) is 31.4 Å². The van der Waals surface area contributed by atoms with Crippen molar-refractivity contribution in [2.24, 2.45) is 13.0 Å².